The van der Waals surface area contributed by atoms with E-state index in [1.54, 1.807) is 11.9 Å². The number of benzene rings is 1. The topological polar surface area (TPSA) is 55.9 Å². The van der Waals surface area contributed by atoms with Crippen molar-refractivity contribution in [2.24, 2.45) is 0 Å². The lowest BCUT2D eigenvalue weighted by Crippen LogP contribution is -2.41. The van der Waals surface area contributed by atoms with E-state index in [1.807, 2.05) is 29.2 Å². The summed E-state index contributed by atoms with van der Waals surface area (Å²) in [4.78, 5) is 30.4. The quantitative estimate of drug-likeness (QED) is 0.883. The van der Waals surface area contributed by atoms with Crippen LogP contribution < -0.4 is 10.2 Å². The van der Waals surface area contributed by atoms with E-state index in [1.165, 1.54) is 39.0 Å². The van der Waals surface area contributed by atoms with Crippen molar-refractivity contribution in [3.05, 3.63) is 24.3 Å². The Hall–Kier alpha value is -2.08. The van der Waals surface area contributed by atoms with Gasteiger partial charge in [0, 0.05) is 57.6 Å². The van der Waals surface area contributed by atoms with Gasteiger partial charge in [0.1, 0.15) is 0 Å². The first-order valence-corrected chi connectivity index (χ1v) is 10.2. The zero-order chi connectivity index (χ0) is 19.2. The first-order chi connectivity index (χ1) is 13.0. The molecule has 1 heterocycles. The predicted molar refractivity (Wildman–Crippen MR) is 109 cm³/mol. The van der Waals surface area contributed by atoms with Crippen LogP contribution in [-0.4, -0.2) is 61.0 Å². The minimum Gasteiger partial charge on any atom is -0.323 e. The smallest absolute Gasteiger partial charge is 0.321 e. The molecule has 1 saturated carbocycles. The van der Waals surface area contributed by atoms with Crippen LogP contribution in [0.2, 0.25) is 0 Å². The molecule has 148 valence electrons. The second-order valence-electron chi connectivity index (χ2n) is 7.73. The SMILES string of the molecule is CC(=O)N(C)c1cccc(NC(=O)N2CCCN(C3CCCCC3)CC2)c1. The van der Waals surface area contributed by atoms with E-state index >= 15 is 0 Å². The monoisotopic (exact) mass is 372 g/mol. The molecule has 0 bridgehead atoms. The van der Waals surface area contributed by atoms with Crippen molar-refractivity contribution in [1.82, 2.24) is 9.80 Å². The van der Waals surface area contributed by atoms with Crippen LogP contribution in [0.5, 0.6) is 0 Å². The Morgan fingerprint density at radius 1 is 1.04 bits per heavy atom. The van der Waals surface area contributed by atoms with Gasteiger partial charge < -0.3 is 15.1 Å². The van der Waals surface area contributed by atoms with Crippen molar-refractivity contribution >= 4 is 23.3 Å². The van der Waals surface area contributed by atoms with Gasteiger partial charge in [-0.05, 0) is 37.5 Å². The summed E-state index contributed by atoms with van der Waals surface area (Å²) in [5, 5.41) is 3.00. The van der Waals surface area contributed by atoms with Crippen molar-refractivity contribution in [2.75, 3.05) is 43.4 Å². The molecule has 0 unspecified atom stereocenters. The second-order valence-corrected chi connectivity index (χ2v) is 7.73. The molecule has 0 atom stereocenters. The molecule has 2 fully saturated rings. The fourth-order valence-corrected chi connectivity index (χ4v) is 4.13. The van der Waals surface area contributed by atoms with Gasteiger partial charge in [-0.15, -0.1) is 0 Å². The van der Waals surface area contributed by atoms with Crippen LogP contribution >= 0.6 is 0 Å². The average Bonchev–Trinajstić information content (AvgIpc) is 2.94. The molecule has 3 amide bonds. The van der Waals surface area contributed by atoms with Gasteiger partial charge in [0.25, 0.3) is 0 Å². The van der Waals surface area contributed by atoms with Crippen LogP contribution in [0.15, 0.2) is 24.3 Å². The maximum atomic E-state index is 12.7. The number of anilines is 2. The molecule has 1 saturated heterocycles. The highest BCUT2D eigenvalue weighted by atomic mass is 16.2. The molecule has 1 aromatic carbocycles. The number of hydrogen-bond acceptors (Lipinski definition) is 3. The first kappa shape index (κ1) is 19.7. The summed E-state index contributed by atoms with van der Waals surface area (Å²) < 4.78 is 0. The number of nitrogens with one attached hydrogen (secondary N) is 1. The lowest BCUT2D eigenvalue weighted by Gasteiger charge is -2.33. The summed E-state index contributed by atoms with van der Waals surface area (Å²) in [6.45, 7) is 5.15. The summed E-state index contributed by atoms with van der Waals surface area (Å²) in [7, 11) is 1.73. The summed E-state index contributed by atoms with van der Waals surface area (Å²) in [6, 6.07) is 8.08. The molecule has 1 aliphatic carbocycles. The van der Waals surface area contributed by atoms with E-state index in [2.05, 4.69) is 10.2 Å². The molecule has 6 heteroatoms. The fourth-order valence-electron chi connectivity index (χ4n) is 4.13. The highest BCUT2D eigenvalue weighted by molar-refractivity contribution is 5.93. The largest absolute Gasteiger partial charge is 0.323 e. The van der Waals surface area contributed by atoms with Crippen LogP contribution in [0.4, 0.5) is 16.2 Å². The highest BCUT2D eigenvalue weighted by Gasteiger charge is 2.25. The van der Waals surface area contributed by atoms with Crippen LogP contribution in [-0.2, 0) is 4.79 Å². The van der Waals surface area contributed by atoms with Crippen molar-refractivity contribution in [3.63, 3.8) is 0 Å². The predicted octanol–water partition coefficient (Wildman–Crippen LogP) is 3.54. The normalized spacial score (nSPS) is 19.4. The van der Waals surface area contributed by atoms with Crippen LogP contribution in [0.3, 0.4) is 0 Å². The van der Waals surface area contributed by atoms with E-state index in [9.17, 15) is 9.59 Å². The van der Waals surface area contributed by atoms with Gasteiger partial charge >= 0.3 is 6.03 Å². The zero-order valence-corrected chi connectivity index (χ0v) is 16.6. The Bertz CT molecular complexity index is 657. The minimum absolute atomic E-state index is 0.0335. The molecule has 2 aliphatic rings. The zero-order valence-electron chi connectivity index (χ0n) is 16.6. The van der Waals surface area contributed by atoms with Gasteiger partial charge in [0.15, 0.2) is 0 Å². The second kappa shape index (κ2) is 9.22. The summed E-state index contributed by atoms with van der Waals surface area (Å²) >= 11 is 0. The van der Waals surface area contributed by atoms with E-state index in [0.29, 0.717) is 6.04 Å². The van der Waals surface area contributed by atoms with Gasteiger partial charge in [-0.2, -0.15) is 0 Å². The number of nitrogens with zero attached hydrogens (tertiary/aromatic N) is 3. The fraction of sp³-hybridized carbons (Fsp3) is 0.619. The third-order valence-corrected chi connectivity index (χ3v) is 5.87. The molecule has 1 aromatic rings. The average molecular weight is 373 g/mol. The van der Waals surface area contributed by atoms with Gasteiger partial charge in [0.05, 0.1) is 0 Å². The minimum atomic E-state index is -0.0527. The molecule has 6 nitrogen and oxygen atoms in total. The molecule has 27 heavy (non-hydrogen) atoms. The molecular formula is C21H32N4O2. The standard InChI is InChI=1S/C21H32N4O2/c1-17(26)23(2)20-11-6-8-18(16-20)22-21(27)25-13-7-12-24(14-15-25)19-9-4-3-5-10-19/h6,8,11,16,19H,3-5,7,9-10,12-15H2,1-2H3,(H,22,27). The summed E-state index contributed by atoms with van der Waals surface area (Å²) in [5.41, 5.74) is 1.50. The summed E-state index contributed by atoms with van der Waals surface area (Å²) in [5.74, 6) is -0.0335. The molecule has 0 radical (unpaired) electrons. The van der Waals surface area contributed by atoms with Gasteiger partial charge in [-0.25, -0.2) is 4.79 Å². The lowest BCUT2D eigenvalue weighted by molar-refractivity contribution is -0.116. The highest BCUT2D eigenvalue weighted by Crippen LogP contribution is 2.24. The van der Waals surface area contributed by atoms with E-state index in [0.717, 1.165) is 44.0 Å². The maximum Gasteiger partial charge on any atom is 0.321 e. The molecule has 3 rings (SSSR count). The molecular weight excluding hydrogens is 340 g/mol. The van der Waals surface area contributed by atoms with Crippen molar-refractivity contribution < 1.29 is 9.59 Å². The van der Waals surface area contributed by atoms with Crippen molar-refractivity contribution in [3.8, 4) is 0 Å². The molecule has 0 spiro atoms. The number of hydrogen-bond donors (Lipinski definition) is 1. The van der Waals surface area contributed by atoms with Crippen molar-refractivity contribution in [1.29, 1.82) is 0 Å². The Morgan fingerprint density at radius 3 is 2.56 bits per heavy atom. The van der Waals surface area contributed by atoms with E-state index in [4.69, 9.17) is 0 Å². The van der Waals surface area contributed by atoms with Crippen molar-refractivity contribution in [2.45, 2.75) is 51.5 Å². The van der Waals surface area contributed by atoms with Gasteiger partial charge in [-0.1, -0.05) is 25.3 Å². The Kier molecular flexibility index (Phi) is 6.72. The van der Waals surface area contributed by atoms with Crippen LogP contribution in [0.1, 0.15) is 45.4 Å². The Labute approximate surface area is 162 Å². The van der Waals surface area contributed by atoms with Crippen LogP contribution in [0.25, 0.3) is 0 Å². The maximum absolute atomic E-state index is 12.7. The number of amides is 3. The van der Waals surface area contributed by atoms with Crippen LogP contribution in [0, 0.1) is 0 Å². The molecule has 0 aromatic heterocycles. The van der Waals surface area contributed by atoms with Gasteiger partial charge in [-0.3, -0.25) is 9.69 Å². The Balaban J connectivity index is 1.56. The third kappa shape index (κ3) is 5.22. The molecule has 1 aliphatic heterocycles. The number of carbonyl (C=O) groups excluding carboxylic acids is 2. The lowest BCUT2D eigenvalue weighted by atomic mass is 9.94. The van der Waals surface area contributed by atoms with Gasteiger partial charge in [0.2, 0.25) is 5.91 Å². The first-order valence-electron chi connectivity index (χ1n) is 10.2. The number of rotatable bonds is 3. The molecule has 1 N–H and O–H groups in total. The Morgan fingerprint density at radius 2 is 1.81 bits per heavy atom. The van der Waals surface area contributed by atoms with E-state index < -0.39 is 0 Å². The van der Waals surface area contributed by atoms with E-state index in [-0.39, 0.29) is 11.9 Å². The summed E-state index contributed by atoms with van der Waals surface area (Å²) in [6.07, 6.45) is 7.70. The third-order valence-electron chi connectivity index (χ3n) is 5.87. The number of urea groups is 1. The number of carbonyl (C=O) groups is 2.